The lowest BCUT2D eigenvalue weighted by atomic mass is 9.92. The largest absolute Gasteiger partial charge is 0.496 e. The fraction of sp³-hybridized carbons (Fsp3) is 0.294. The van der Waals surface area contributed by atoms with E-state index < -0.39 is 23.5 Å². The van der Waals surface area contributed by atoms with Crippen LogP contribution in [0.3, 0.4) is 0 Å². The first-order valence-corrected chi connectivity index (χ1v) is 6.89. The first-order chi connectivity index (χ1) is 11.0. The molecule has 130 valence electrons. The van der Waals surface area contributed by atoms with E-state index in [9.17, 15) is 26.3 Å². The van der Waals surface area contributed by atoms with Crippen molar-refractivity contribution in [2.75, 3.05) is 7.11 Å². The Morgan fingerprint density at radius 3 is 1.88 bits per heavy atom. The molecule has 0 spiro atoms. The van der Waals surface area contributed by atoms with E-state index in [1.807, 2.05) is 0 Å². The number of alkyl halides is 6. The molecule has 7 heteroatoms. The monoisotopic (exact) mass is 348 g/mol. The molecule has 0 heterocycles. The number of aryl methyl sites for hydroxylation is 1. The van der Waals surface area contributed by atoms with E-state index in [0.717, 1.165) is 11.6 Å². The Morgan fingerprint density at radius 1 is 0.792 bits per heavy atom. The van der Waals surface area contributed by atoms with Crippen molar-refractivity contribution < 1.29 is 31.1 Å². The molecule has 0 amide bonds. The highest BCUT2D eigenvalue weighted by atomic mass is 19.4. The lowest BCUT2D eigenvalue weighted by Gasteiger charge is -2.19. The third kappa shape index (κ3) is 3.34. The molecule has 0 bridgehead atoms. The van der Waals surface area contributed by atoms with E-state index in [4.69, 9.17) is 4.74 Å². The standard InChI is InChI=1S/C17H14F6O/c1-9-4-6-12(10(2)15(9)24-3)13-7-5-11(16(18,19)20)8-14(13)17(21,22)23/h4-8H,1-3H3. The zero-order valence-electron chi connectivity index (χ0n) is 13.1. The number of halogens is 6. The van der Waals surface area contributed by atoms with E-state index in [1.165, 1.54) is 13.2 Å². The summed E-state index contributed by atoms with van der Waals surface area (Å²) >= 11 is 0. The van der Waals surface area contributed by atoms with Gasteiger partial charge in [-0.05, 0) is 48.2 Å². The molecular formula is C17H14F6O. The molecule has 0 radical (unpaired) electrons. The topological polar surface area (TPSA) is 9.23 Å². The van der Waals surface area contributed by atoms with Crippen LogP contribution < -0.4 is 4.74 Å². The Labute approximate surface area is 134 Å². The first kappa shape index (κ1) is 18.2. The maximum Gasteiger partial charge on any atom is 0.417 e. The van der Waals surface area contributed by atoms with Crippen LogP contribution in [0.2, 0.25) is 0 Å². The van der Waals surface area contributed by atoms with Gasteiger partial charge in [0.25, 0.3) is 0 Å². The first-order valence-electron chi connectivity index (χ1n) is 6.89. The summed E-state index contributed by atoms with van der Waals surface area (Å²) in [5.74, 6) is 0.403. The van der Waals surface area contributed by atoms with Crippen LogP contribution >= 0.6 is 0 Å². The minimum Gasteiger partial charge on any atom is -0.496 e. The van der Waals surface area contributed by atoms with Gasteiger partial charge in [-0.3, -0.25) is 0 Å². The molecule has 2 aromatic carbocycles. The average Bonchev–Trinajstić information content (AvgIpc) is 2.45. The van der Waals surface area contributed by atoms with E-state index in [2.05, 4.69) is 0 Å². The number of methoxy groups -OCH3 is 1. The molecule has 24 heavy (non-hydrogen) atoms. The van der Waals surface area contributed by atoms with Gasteiger partial charge < -0.3 is 4.74 Å². The van der Waals surface area contributed by atoms with Gasteiger partial charge in [0.05, 0.1) is 18.2 Å². The van der Waals surface area contributed by atoms with Crippen LogP contribution in [0.25, 0.3) is 11.1 Å². The molecule has 0 aliphatic rings. The molecule has 0 saturated carbocycles. The van der Waals surface area contributed by atoms with E-state index in [0.29, 0.717) is 17.4 Å². The fourth-order valence-electron chi connectivity index (χ4n) is 2.62. The van der Waals surface area contributed by atoms with Crippen molar-refractivity contribution in [3.63, 3.8) is 0 Å². The number of rotatable bonds is 2. The maximum atomic E-state index is 13.3. The van der Waals surface area contributed by atoms with Crippen LogP contribution in [0, 0.1) is 13.8 Å². The van der Waals surface area contributed by atoms with Gasteiger partial charge in [0.2, 0.25) is 0 Å². The van der Waals surface area contributed by atoms with Crippen molar-refractivity contribution in [1.29, 1.82) is 0 Å². The zero-order chi connectivity index (χ0) is 18.3. The summed E-state index contributed by atoms with van der Waals surface area (Å²) < 4.78 is 83.3. The second-order valence-corrected chi connectivity index (χ2v) is 5.34. The van der Waals surface area contributed by atoms with Crippen molar-refractivity contribution >= 4 is 0 Å². The van der Waals surface area contributed by atoms with Crippen LogP contribution in [-0.4, -0.2) is 7.11 Å². The van der Waals surface area contributed by atoms with Gasteiger partial charge in [0.15, 0.2) is 0 Å². The normalized spacial score (nSPS) is 12.4. The molecule has 0 atom stereocenters. The summed E-state index contributed by atoms with van der Waals surface area (Å²) in [6, 6.07) is 4.66. The van der Waals surface area contributed by atoms with Crippen LogP contribution in [0.5, 0.6) is 5.75 Å². The van der Waals surface area contributed by atoms with Crippen molar-refractivity contribution in [2.24, 2.45) is 0 Å². The molecule has 0 fully saturated rings. The Balaban J connectivity index is 2.76. The average molecular weight is 348 g/mol. The number of hydrogen-bond donors (Lipinski definition) is 0. The molecule has 0 N–H and O–H groups in total. The molecule has 0 aromatic heterocycles. The molecule has 2 rings (SSSR count). The van der Waals surface area contributed by atoms with Crippen LogP contribution in [0.4, 0.5) is 26.3 Å². The summed E-state index contributed by atoms with van der Waals surface area (Å²) in [5, 5.41) is 0. The summed E-state index contributed by atoms with van der Waals surface area (Å²) in [7, 11) is 1.39. The molecule has 0 aliphatic heterocycles. The predicted octanol–water partition coefficient (Wildman–Crippen LogP) is 6.02. The lowest BCUT2D eigenvalue weighted by Crippen LogP contribution is -2.12. The highest BCUT2D eigenvalue weighted by molar-refractivity contribution is 5.74. The van der Waals surface area contributed by atoms with Gasteiger partial charge in [0, 0.05) is 0 Å². The summed E-state index contributed by atoms with van der Waals surface area (Å²) in [6.45, 7) is 3.30. The van der Waals surface area contributed by atoms with Crippen molar-refractivity contribution in [3.05, 3.63) is 52.6 Å². The van der Waals surface area contributed by atoms with E-state index in [-0.39, 0.29) is 17.2 Å². The Morgan fingerprint density at radius 2 is 1.38 bits per heavy atom. The van der Waals surface area contributed by atoms with Gasteiger partial charge in [-0.2, -0.15) is 26.3 Å². The number of ether oxygens (including phenoxy) is 1. The lowest BCUT2D eigenvalue weighted by molar-refractivity contribution is -0.142. The quantitative estimate of drug-likeness (QED) is 0.603. The third-order valence-electron chi connectivity index (χ3n) is 3.75. The van der Waals surface area contributed by atoms with Crippen LogP contribution in [0.1, 0.15) is 22.3 Å². The summed E-state index contributed by atoms with van der Waals surface area (Å²) in [4.78, 5) is 0. The summed E-state index contributed by atoms with van der Waals surface area (Å²) in [5.41, 5.74) is -1.64. The number of benzene rings is 2. The van der Waals surface area contributed by atoms with E-state index >= 15 is 0 Å². The van der Waals surface area contributed by atoms with Crippen LogP contribution in [-0.2, 0) is 12.4 Å². The highest BCUT2D eigenvalue weighted by Gasteiger charge is 2.38. The molecule has 0 aliphatic carbocycles. The molecular weight excluding hydrogens is 334 g/mol. The van der Waals surface area contributed by atoms with Crippen LogP contribution in [0.15, 0.2) is 30.3 Å². The minimum atomic E-state index is -4.92. The molecule has 2 aromatic rings. The van der Waals surface area contributed by atoms with E-state index in [1.54, 1.807) is 19.9 Å². The zero-order valence-corrected chi connectivity index (χ0v) is 13.1. The SMILES string of the molecule is COc1c(C)ccc(-c2ccc(C(F)(F)F)cc2C(F)(F)F)c1C. The molecule has 0 unspecified atom stereocenters. The van der Waals surface area contributed by atoms with Gasteiger partial charge in [-0.25, -0.2) is 0 Å². The van der Waals surface area contributed by atoms with Crippen molar-refractivity contribution in [2.45, 2.75) is 26.2 Å². The van der Waals surface area contributed by atoms with Gasteiger partial charge >= 0.3 is 12.4 Å². The third-order valence-corrected chi connectivity index (χ3v) is 3.75. The smallest absolute Gasteiger partial charge is 0.417 e. The molecule has 0 saturated heterocycles. The molecule has 1 nitrogen and oxygen atoms in total. The minimum absolute atomic E-state index is 0.140. The number of hydrogen-bond acceptors (Lipinski definition) is 1. The van der Waals surface area contributed by atoms with Gasteiger partial charge in [0.1, 0.15) is 5.75 Å². The van der Waals surface area contributed by atoms with Gasteiger partial charge in [-0.1, -0.05) is 18.2 Å². The second kappa shape index (κ2) is 6.03. The Kier molecular flexibility index (Phi) is 4.57. The van der Waals surface area contributed by atoms with Crippen molar-refractivity contribution in [1.82, 2.24) is 0 Å². The maximum absolute atomic E-state index is 13.3. The predicted molar refractivity (Wildman–Crippen MR) is 77.9 cm³/mol. The van der Waals surface area contributed by atoms with Crippen molar-refractivity contribution in [3.8, 4) is 16.9 Å². The van der Waals surface area contributed by atoms with Gasteiger partial charge in [-0.15, -0.1) is 0 Å². The fourth-order valence-corrected chi connectivity index (χ4v) is 2.62. The highest BCUT2D eigenvalue weighted by Crippen LogP contribution is 2.43. The Hall–Kier alpha value is -2.18. The second-order valence-electron chi connectivity index (χ2n) is 5.34. The summed E-state index contributed by atoms with van der Waals surface area (Å²) in [6.07, 6.45) is -9.76. The Bertz CT molecular complexity index is 759.